The Balaban J connectivity index is 1.66. The fourth-order valence-corrected chi connectivity index (χ4v) is 3.04. The van der Waals surface area contributed by atoms with Gasteiger partial charge in [0.25, 0.3) is 0 Å². The van der Waals surface area contributed by atoms with Gasteiger partial charge in [-0.2, -0.15) is 0 Å². The molecule has 126 valence electrons. The van der Waals surface area contributed by atoms with E-state index in [0.717, 1.165) is 48.1 Å². The van der Waals surface area contributed by atoms with E-state index in [1.54, 1.807) is 30.5 Å². The monoisotopic (exact) mass is 390 g/mol. The molecule has 1 aromatic heterocycles. The molecule has 6 nitrogen and oxygen atoms in total. The third-order valence-electron chi connectivity index (χ3n) is 3.97. The van der Waals surface area contributed by atoms with Gasteiger partial charge < -0.3 is 15.8 Å². The second-order valence-electron chi connectivity index (χ2n) is 5.73. The SMILES string of the molecule is NC(=O)c1ccc(Nc2ncc(Br)c(CCC3CCCO3)n2)cc1. The first-order chi connectivity index (χ1) is 11.6. The summed E-state index contributed by atoms with van der Waals surface area (Å²) in [5.41, 5.74) is 7.46. The molecule has 1 aliphatic heterocycles. The maximum Gasteiger partial charge on any atom is 0.248 e. The zero-order valence-electron chi connectivity index (χ0n) is 13.2. The fraction of sp³-hybridized carbons (Fsp3) is 0.353. The summed E-state index contributed by atoms with van der Waals surface area (Å²) in [5.74, 6) is 0.0743. The number of aromatic nitrogens is 2. The third kappa shape index (κ3) is 4.30. The van der Waals surface area contributed by atoms with Crippen molar-refractivity contribution in [3.8, 4) is 0 Å². The number of nitrogens with zero attached hydrogens (tertiary/aromatic N) is 2. The maximum absolute atomic E-state index is 11.1. The molecule has 1 aromatic carbocycles. The van der Waals surface area contributed by atoms with Crippen LogP contribution >= 0.6 is 15.9 Å². The van der Waals surface area contributed by atoms with Crippen LogP contribution in [0.3, 0.4) is 0 Å². The Morgan fingerprint density at radius 2 is 2.17 bits per heavy atom. The van der Waals surface area contributed by atoms with Crippen molar-refractivity contribution in [2.75, 3.05) is 11.9 Å². The first-order valence-corrected chi connectivity index (χ1v) is 8.71. The Morgan fingerprint density at radius 3 is 2.83 bits per heavy atom. The molecule has 1 saturated heterocycles. The van der Waals surface area contributed by atoms with E-state index < -0.39 is 5.91 Å². The van der Waals surface area contributed by atoms with Gasteiger partial charge in [0.05, 0.1) is 16.3 Å². The van der Waals surface area contributed by atoms with Crippen molar-refractivity contribution < 1.29 is 9.53 Å². The van der Waals surface area contributed by atoms with Crippen molar-refractivity contribution in [2.24, 2.45) is 5.73 Å². The molecule has 0 spiro atoms. The summed E-state index contributed by atoms with van der Waals surface area (Å²) in [6.07, 6.45) is 6.15. The zero-order valence-corrected chi connectivity index (χ0v) is 14.8. The van der Waals surface area contributed by atoms with Gasteiger partial charge in [-0.05, 0) is 65.9 Å². The molecular formula is C17H19BrN4O2. The van der Waals surface area contributed by atoms with Crippen LogP contribution in [0.1, 0.15) is 35.3 Å². The Bertz CT molecular complexity index is 715. The number of aryl methyl sites for hydroxylation is 1. The molecule has 24 heavy (non-hydrogen) atoms. The summed E-state index contributed by atoms with van der Waals surface area (Å²) < 4.78 is 6.56. The first-order valence-electron chi connectivity index (χ1n) is 7.92. The van der Waals surface area contributed by atoms with Crippen molar-refractivity contribution in [3.05, 3.63) is 46.2 Å². The number of hydrogen-bond acceptors (Lipinski definition) is 5. The molecule has 1 fully saturated rings. The van der Waals surface area contributed by atoms with Gasteiger partial charge in [0.2, 0.25) is 11.9 Å². The average molecular weight is 391 g/mol. The molecular weight excluding hydrogens is 372 g/mol. The van der Waals surface area contributed by atoms with E-state index in [2.05, 4.69) is 31.2 Å². The molecule has 0 aliphatic carbocycles. The van der Waals surface area contributed by atoms with Gasteiger partial charge in [-0.3, -0.25) is 4.79 Å². The quantitative estimate of drug-likeness (QED) is 0.790. The average Bonchev–Trinajstić information content (AvgIpc) is 3.09. The van der Waals surface area contributed by atoms with Crippen molar-refractivity contribution in [3.63, 3.8) is 0 Å². The standard InChI is InChI=1S/C17H19BrN4O2/c18-14-10-20-17(21-12-5-3-11(4-6-12)16(19)23)22-15(14)8-7-13-2-1-9-24-13/h3-6,10,13H,1-2,7-9H2,(H2,19,23)(H,20,21,22). The molecule has 0 saturated carbocycles. The predicted molar refractivity (Wildman–Crippen MR) is 95.3 cm³/mol. The van der Waals surface area contributed by atoms with Crippen molar-refractivity contribution >= 4 is 33.5 Å². The number of anilines is 2. The van der Waals surface area contributed by atoms with Crippen molar-refractivity contribution in [2.45, 2.75) is 31.8 Å². The molecule has 3 N–H and O–H groups in total. The third-order valence-corrected chi connectivity index (χ3v) is 4.63. The van der Waals surface area contributed by atoms with Gasteiger partial charge in [0.15, 0.2) is 0 Å². The molecule has 1 unspecified atom stereocenters. The largest absolute Gasteiger partial charge is 0.378 e. The van der Waals surface area contributed by atoms with Crippen LogP contribution in [0.5, 0.6) is 0 Å². The normalized spacial score (nSPS) is 17.0. The number of benzene rings is 1. The first kappa shape index (κ1) is 16.9. The number of ether oxygens (including phenoxy) is 1. The van der Waals surface area contributed by atoms with Crippen LogP contribution in [-0.4, -0.2) is 28.6 Å². The number of halogens is 1. The van der Waals surface area contributed by atoms with Crippen LogP contribution in [0.15, 0.2) is 34.9 Å². The number of nitrogens with two attached hydrogens (primary N) is 1. The molecule has 1 amide bonds. The van der Waals surface area contributed by atoms with Crippen molar-refractivity contribution in [1.82, 2.24) is 9.97 Å². The number of hydrogen-bond donors (Lipinski definition) is 2. The van der Waals surface area contributed by atoms with Crippen LogP contribution in [0.4, 0.5) is 11.6 Å². The lowest BCUT2D eigenvalue weighted by Crippen LogP contribution is -2.10. The predicted octanol–water partition coefficient (Wildman–Crippen LogP) is 3.19. The van der Waals surface area contributed by atoms with Crippen molar-refractivity contribution in [1.29, 1.82) is 0 Å². The lowest BCUT2D eigenvalue weighted by atomic mass is 10.1. The highest BCUT2D eigenvalue weighted by Crippen LogP contribution is 2.22. The van der Waals surface area contributed by atoms with E-state index in [9.17, 15) is 4.79 Å². The number of carbonyl (C=O) groups is 1. The van der Waals surface area contributed by atoms with E-state index in [1.807, 2.05) is 0 Å². The Hall–Kier alpha value is -1.99. The van der Waals surface area contributed by atoms with Crippen LogP contribution in [0.2, 0.25) is 0 Å². The highest BCUT2D eigenvalue weighted by molar-refractivity contribution is 9.10. The summed E-state index contributed by atoms with van der Waals surface area (Å²) in [6, 6.07) is 6.89. The molecule has 1 aliphatic rings. The van der Waals surface area contributed by atoms with Crippen LogP contribution in [-0.2, 0) is 11.2 Å². The second kappa shape index (κ2) is 7.72. The zero-order chi connectivity index (χ0) is 16.9. The molecule has 0 radical (unpaired) electrons. The maximum atomic E-state index is 11.1. The Morgan fingerprint density at radius 1 is 1.38 bits per heavy atom. The molecule has 3 rings (SSSR count). The van der Waals surface area contributed by atoms with E-state index in [4.69, 9.17) is 10.5 Å². The minimum absolute atomic E-state index is 0.338. The highest BCUT2D eigenvalue weighted by Gasteiger charge is 2.16. The summed E-state index contributed by atoms with van der Waals surface area (Å²) in [6.45, 7) is 0.865. The number of amides is 1. The molecule has 1 atom stereocenters. The van der Waals surface area contributed by atoms with E-state index in [1.165, 1.54) is 0 Å². The van der Waals surface area contributed by atoms with Gasteiger partial charge in [0, 0.05) is 24.1 Å². The van der Waals surface area contributed by atoms with Gasteiger partial charge in [-0.15, -0.1) is 0 Å². The molecule has 7 heteroatoms. The minimum Gasteiger partial charge on any atom is -0.378 e. The summed E-state index contributed by atoms with van der Waals surface area (Å²) in [4.78, 5) is 19.9. The topological polar surface area (TPSA) is 90.1 Å². The molecule has 0 bridgehead atoms. The number of nitrogens with one attached hydrogen (secondary N) is 1. The van der Waals surface area contributed by atoms with E-state index >= 15 is 0 Å². The van der Waals surface area contributed by atoms with Gasteiger partial charge in [-0.25, -0.2) is 9.97 Å². The Kier molecular flexibility index (Phi) is 5.42. The lowest BCUT2D eigenvalue weighted by Gasteiger charge is -2.11. The van der Waals surface area contributed by atoms with Gasteiger partial charge in [0.1, 0.15) is 0 Å². The van der Waals surface area contributed by atoms with Crippen LogP contribution in [0.25, 0.3) is 0 Å². The van der Waals surface area contributed by atoms with Gasteiger partial charge in [-0.1, -0.05) is 0 Å². The van der Waals surface area contributed by atoms with E-state index in [-0.39, 0.29) is 0 Å². The number of carbonyl (C=O) groups excluding carboxylic acids is 1. The highest BCUT2D eigenvalue weighted by atomic mass is 79.9. The Labute approximate surface area is 149 Å². The minimum atomic E-state index is -0.446. The lowest BCUT2D eigenvalue weighted by molar-refractivity contribution is 0.1000. The van der Waals surface area contributed by atoms with Gasteiger partial charge >= 0.3 is 0 Å². The molecule has 2 heterocycles. The summed E-state index contributed by atoms with van der Waals surface area (Å²) in [5, 5.41) is 3.14. The fourth-order valence-electron chi connectivity index (χ4n) is 2.65. The smallest absolute Gasteiger partial charge is 0.248 e. The number of rotatable bonds is 6. The van der Waals surface area contributed by atoms with Crippen LogP contribution < -0.4 is 11.1 Å². The second-order valence-corrected chi connectivity index (χ2v) is 6.58. The molecule has 2 aromatic rings. The van der Waals surface area contributed by atoms with Crippen LogP contribution in [0, 0.1) is 0 Å². The number of primary amides is 1. The van der Waals surface area contributed by atoms with E-state index in [0.29, 0.717) is 17.6 Å². The summed E-state index contributed by atoms with van der Waals surface area (Å²) >= 11 is 3.51. The summed E-state index contributed by atoms with van der Waals surface area (Å²) in [7, 11) is 0.